The number of nitrogens with zero attached hydrogens (tertiary/aromatic N) is 3. The van der Waals surface area contributed by atoms with Crippen molar-refractivity contribution in [3.8, 4) is 11.4 Å². The fourth-order valence-electron chi connectivity index (χ4n) is 2.39. The molecule has 0 aliphatic carbocycles. The third-order valence-corrected chi connectivity index (χ3v) is 3.58. The van der Waals surface area contributed by atoms with Crippen LogP contribution >= 0.6 is 11.6 Å². The summed E-state index contributed by atoms with van der Waals surface area (Å²) in [6.45, 7) is 2.29. The summed E-state index contributed by atoms with van der Waals surface area (Å²) in [6, 6.07) is 6.03. The van der Waals surface area contributed by atoms with Gasteiger partial charge in [0.25, 0.3) is 0 Å². The Morgan fingerprint density at radius 2 is 2.14 bits per heavy atom. The highest BCUT2D eigenvalue weighted by molar-refractivity contribution is 6.30. The van der Waals surface area contributed by atoms with E-state index in [2.05, 4.69) is 20.3 Å². The van der Waals surface area contributed by atoms with Gasteiger partial charge in [0.2, 0.25) is 5.95 Å². The number of nitrogens with one attached hydrogen (secondary N) is 1. The molecule has 6 nitrogen and oxygen atoms in total. The van der Waals surface area contributed by atoms with Crippen LogP contribution in [0.2, 0.25) is 5.02 Å². The Hall–Kier alpha value is -1.76. The molecule has 0 radical (unpaired) electrons. The molecule has 2 heterocycles. The molecule has 110 valence electrons. The van der Waals surface area contributed by atoms with Crippen LogP contribution in [-0.4, -0.2) is 34.7 Å². The van der Waals surface area contributed by atoms with E-state index < -0.39 is 0 Å². The van der Waals surface area contributed by atoms with E-state index in [0.717, 1.165) is 37.3 Å². The Morgan fingerprint density at radius 3 is 3.00 bits per heavy atom. The highest BCUT2D eigenvalue weighted by Gasteiger charge is 2.16. The minimum atomic E-state index is 0.197. The first-order valence-corrected chi connectivity index (χ1v) is 7.16. The molecule has 7 heteroatoms. The molecule has 0 saturated carbocycles. The summed E-state index contributed by atoms with van der Waals surface area (Å²) in [6.07, 6.45) is 2.30. The lowest BCUT2D eigenvalue weighted by atomic mass is 10.0. The Balaban J connectivity index is 1.95. The summed E-state index contributed by atoms with van der Waals surface area (Å²) < 4.78 is 5.46. The molecule has 1 aromatic carbocycles. The van der Waals surface area contributed by atoms with E-state index in [9.17, 15) is 0 Å². The predicted molar refractivity (Wildman–Crippen MR) is 80.9 cm³/mol. The molecule has 3 N–H and O–H groups in total. The number of rotatable bonds is 2. The Morgan fingerprint density at radius 1 is 1.24 bits per heavy atom. The molecule has 3 rings (SSSR count). The van der Waals surface area contributed by atoms with Crippen molar-refractivity contribution in [2.24, 2.45) is 0 Å². The van der Waals surface area contributed by atoms with E-state index in [4.69, 9.17) is 22.1 Å². The van der Waals surface area contributed by atoms with Crippen LogP contribution in [0.5, 0.6) is 0 Å². The smallest absolute Gasteiger partial charge is 0.223 e. The van der Waals surface area contributed by atoms with Gasteiger partial charge >= 0.3 is 0 Å². The van der Waals surface area contributed by atoms with E-state index in [1.807, 2.05) is 18.2 Å². The molecule has 1 aromatic heterocycles. The highest BCUT2D eigenvalue weighted by Crippen LogP contribution is 2.27. The summed E-state index contributed by atoms with van der Waals surface area (Å²) in [5.41, 5.74) is 7.54. The number of anilines is 1. The molecule has 1 unspecified atom stereocenters. The Kier molecular flexibility index (Phi) is 4.28. The topological polar surface area (TPSA) is 86.0 Å². The van der Waals surface area contributed by atoms with Crippen molar-refractivity contribution in [3.05, 3.63) is 35.1 Å². The van der Waals surface area contributed by atoms with Gasteiger partial charge in [0, 0.05) is 29.8 Å². The second-order valence-corrected chi connectivity index (χ2v) is 5.28. The predicted octanol–water partition coefficient (Wildman–Crippen LogP) is 1.83. The molecule has 1 fully saturated rings. The van der Waals surface area contributed by atoms with Crippen molar-refractivity contribution in [2.45, 2.75) is 12.5 Å². The molecule has 1 aliphatic rings. The first kappa shape index (κ1) is 14.2. The largest absolute Gasteiger partial charge is 0.380 e. The highest BCUT2D eigenvalue weighted by atomic mass is 35.5. The quantitative estimate of drug-likeness (QED) is 0.880. The van der Waals surface area contributed by atoms with Gasteiger partial charge in [-0.05, 0) is 30.2 Å². The Bertz CT molecular complexity index is 629. The number of aromatic nitrogens is 3. The van der Waals surface area contributed by atoms with Crippen LogP contribution in [0.3, 0.4) is 0 Å². The molecular weight excluding hydrogens is 290 g/mol. The second-order valence-electron chi connectivity index (χ2n) is 4.85. The molecule has 0 amide bonds. The molecule has 0 bridgehead atoms. The number of nitrogen functional groups attached to an aromatic ring is 1. The van der Waals surface area contributed by atoms with Gasteiger partial charge in [0.1, 0.15) is 6.33 Å². The normalized spacial score (nSPS) is 19.2. The summed E-state index contributed by atoms with van der Waals surface area (Å²) in [5, 5.41) is 4.10. The Labute approximate surface area is 127 Å². The van der Waals surface area contributed by atoms with E-state index in [-0.39, 0.29) is 12.0 Å². The van der Waals surface area contributed by atoms with Crippen LogP contribution in [0, 0.1) is 0 Å². The van der Waals surface area contributed by atoms with Crippen molar-refractivity contribution in [2.75, 3.05) is 25.5 Å². The minimum Gasteiger partial charge on any atom is -0.380 e. The summed E-state index contributed by atoms with van der Waals surface area (Å²) in [7, 11) is 0. The third kappa shape index (κ3) is 3.47. The van der Waals surface area contributed by atoms with Gasteiger partial charge in [0.15, 0.2) is 5.82 Å². The van der Waals surface area contributed by atoms with Gasteiger partial charge < -0.3 is 15.8 Å². The zero-order chi connectivity index (χ0) is 14.7. The van der Waals surface area contributed by atoms with E-state index in [1.54, 1.807) is 0 Å². The van der Waals surface area contributed by atoms with Crippen molar-refractivity contribution in [1.29, 1.82) is 0 Å². The number of nitrogens with two attached hydrogens (primary N) is 1. The lowest BCUT2D eigenvalue weighted by Gasteiger charge is -2.16. The zero-order valence-electron chi connectivity index (χ0n) is 11.4. The maximum atomic E-state index is 6.24. The average Bonchev–Trinajstić information content (AvgIpc) is 2.76. The number of ether oxygens (including phenoxy) is 1. The van der Waals surface area contributed by atoms with E-state index in [0.29, 0.717) is 10.8 Å². The van der Waals surface area contributed by atoms with Crippen LogP contribution in [0.4, 0.5) is 5.95 Å². The fraction of sp³-hybridized carbons (Fsp3) is 0.357. The van der Waals surface area contributed by atoms with Gasteiger partial charge in [-0.2, -0.15) is 4.98 Å². The van der Waals surface area contributed by atoms with Crippen molar-refractivity contribution >= 4 is 17.5 Å². The van der Waals surface area contributed by atoms with Crippen molar-refractivity contribution in [3.63, 3.8) is 0 Å². The van der Waals surface area contributed by atoms with Gasteiger partial charge in [-0.3, -0.25) is 0 Å². The van der Waals surface area contributed by atoms with Gasteiger partial charge in [0.05, 0.1) is 6.61 Å². The summed E-state index contributed by atoms with van der Waals surface area (Å²) in [4.78, 5) is 12.1. The minimum absolute atomic E-state index is 0.197. The van der Waals surface area contributed by atoms with Crippen LogP contribution in [0.25, 0.3) is 11.4 Å². The first-order valence-electron chi connectivity index (χ1n) is 6.79. The first-order chi connectivity index (χ1) is 10.2. The molecule has 21 heavy (non-hydrogen) atoms. The maximum absolute atomic E-state index is 6.24. The molecular formula is C14H16ClN5O. The number of benzene rings is 1. The average molecular weight is 306 g/mol. The van der Waals surface area contributed by atoms with Crippen LogP contribution < -0.4 is 11.1 Å². The number of hydrogen-bond acceptors (Lipinski definition) is 6. The fourth-order valence-corrected chi connectivity index (χ4v) is 2.63. The molecule has 0 spiro atoms. The van der Waals surface area contributed by atoms with Gasteiger partial charge in [-0.25, -0.2) is 9.97 Å². The van der Waals surface area contributed by atoms with Gasteiger partial charge in [-0.15, -0.1) is 0 Å². The standard InChI is InChI=1S/C14H16ClN5O/c15-11-6-9(12-1-3-21-4-2-17-12)5-10(7-11)13-18-8-19-14(16)20-13/h5-8,12,17H,1-4H2,(H2,16,18,19,20). The summed E-state index contributed by atoms with van der Waals surface area (Å²) >= 11 is 6.24. The molecule has 1 aliphatic heterocycles. The van der Waals surface area contributed by atoms with Crippen molar-refractivity contribution < 1.29 is 4.74 Å². The summed E-state index contributed by atoms with van der Waals surface area (Å²) in [5.74, 6) is 0.721. The number of halogens is 1. The van der Waals surface area contributed by atoms with E-state index >= 15 is 0 Å². The molecule has 2 aromatic rings. The van der Waals surface area contributed by atoms with Crippen LogP contribution in [0.15, 0.2) is 24.5 Å². The number of hydrogen-bond donors (Lipinski definition) is 2. The van der Waals surface area contributed by atoms with Crippen LogP contribution in [-0.2, 0) is 4.74 Å². The van der Waals surface area contributed by atoms with Crippen LogP contribution in [0.1, 0.15) is 18.0 Å². The van der Waals surface area contributed by atoms with Gasteiger partial charge in [-0.1, -0.05) is 11.6 Å². The van der Waals surface area contributed by atoms with E-state index in [1.165, 1.54) is 6.33 Å². The zero-order valence-corrected chi connectivity index (χ0v) is 12.2. The monoisotopic (exact) mass is 305 g/mol. The SMILES string of the molecule is Nc1ncnc(-c2cc(Cl)cc(C3CCOCCN3)c2)n1. The second kappa shape index (κ2) is 6.34. The molecule has 1 saturated heterocycles. The lowest BCUT2D eigenvalue weighted by Crippen LogP contribution is -2.22. The maximum Gasteiger partial charge on any atom is 0.223 e. The lowest BCUT2D eigenvalue weighted by molar-refractivity contribution is 0.150. The molecule has 1 atom stereocenters. The third-order valence-electron chi connectivity index (χ3n) is 3.36. The van der Waals surface area contributed by atoms with Crippen molar-refractivity contribution in [1.82, 2.24) is 20.3 Å².